The molecular formula is C8H17F. The fraction of sp³-hybridized carbons (Fsp3) is 1.00. The Kier molecular flexibility index (Phi) is 6.01. The van der Waals surface area contributed by atoms with Crippen LogP contribution in [0.25, 0.3) is 0 Å². The van der Waals surface area contributed by atoms with Crippen molar-refractivity contribution in [2.45, 2.75) is 39.5 Å². The number of alkyl halides is 1. The second kappa shape index (κ2) is 6.06. The first-order valence-corrected chi connectivity index (χ1v) is 3.87. The maximum absolute atomic E-state index is 11.6. The number of rotatable bonds is 5. The molecule has 0 nitrogen and oxygen atoms in total. The predicted molar refractivity (Wildman–Crippen MR) is 39.3 cm³/mol. The SMILES string of the molecule is CCCC(C)CCCF. The molecule has 9 heavy (non-hydrogen) atoms. The first kappa shape index (κ1) is 8.93. The van der Waals surface area contributed by atoms with E-state index in [1.807, 2.05) is 0 Å². The molecule has 0 rings (SSSR count). The van der Waals surface area contributed by atoms with Crippen molar-refractivity contribution in [3.63, 3.8) is 0 Å². The topological polar surface area (TPSA) is 0 Å². The Labute approximate surface area is 57.5 Å². The van der Waals surface area contributed by atoms with E-state index < -0.39 is 0 Å². The van der Waals surface area contributed by atoms with Crippen LogP contribution in [0.15, 0.2) is 0 Å². The third kappa shape index (κ3) is 5.81. The Hall–Kier alpha value is -0.0700. The first-order chi connectivity index (χ1) is 4.31. The molecule has 0 amide bonds. The standard InChI is InChI=1S/C8H17F/c1-3-5-8(2)6-4-7-9/h8H,3-7H2,1-2H3. The van der Waals surface area contributed by atoms with Crippen molar-refractivity contribution in [1.29, 1.82) is 0 Å². The zero-order chi connectivity index (χ0) is 7.11. The molecule has 0 aromatic rings. The normalized spacial score (nSPS) is 13.7. The summed E-state index contributed by atoms with van der Waals surface area (Å²) in [5, 5.41) is 0. The lowest BCUT2D eigenvalue weighted by Gasteiger charge is -2.06. The van der Waals surface area contributed by atoms with E-state index in [1.165, 1.54) is 12.8 Å². The molecule has 1 atom stereocenters. The molecule has 0 spiro atoms. The monoisotopic (exact) mass is 132 g/mol. The fourth-order valence-electron chi connectivity index (χ4n) is 1.06. The van der Waals surface area contributed by atoms with Crippen LogP contribution in [0.4, 0.5) is 4.39 Å². The van der Waals surface area contributed by atoms with Crippen molar-refractivity contribution in [1.82, 2.24) is 0 Å². The van der Waals surface area contributed by atoms with Crippen molar-refractivity contribution in [2.75, 3.05) is 6.67 Å². The van der Waals surface area contributed by atoms with Gasteiger partial charge in [-0.15, -0.1) is 0 Å². The van der Waals surface area contributed by atoms with Gasteiger partial charge in [-0.05, 0) is 18.8 Å². The highest BCUT2D eigenvalue weighted by molar-refractivity contribution is 4.50. The summed E-state index contributed by atoms with van der Waals surface area (Å²) in [6, 6.07) is 0. The van der Waals surface area contributed by atoms with Gasteiger partial charge in [0, 0.05) is 0 Å². The van der Waals surface area contributed by atoms with Crippen LogP contribution >= 0.6 is 0 Å². The van der Waals surface area contributed by atoms with Crippen LogP contribution in [-0.2, 0) is 0 Å². The van der Waals surface area contributed by atoms with Gasteiger partial charge in [0.2, 0.25) is 0 Å². The van der Waals surface area contributed by atoms with Gasteiger partial charge in [-0.2, -0.15) is 0 Å². The molecule has 0 radical (unpaired) electrons. The molecule has 1 unspecified atom stereocenters. The molecular weight excluding hydrogens is 115 g/mol. The zero-order valence-corrected chi connectivity index (χ0v) is 6.49. The average Bonchev–Trinajstić information content (AvgIpc) is 1.85. The molecule has 0 bridgehead atoms. The van der Waals surface area contributed by atoms with Gasteiger partial charge in [0.15, 0.2) is 0 Å². The molecule has 0 aromatic heterocycles. The Morgan fingerprint density at radius 2 is 2.00 bits per heavy atom. The molecule has 0 heterocycles. The third-order valence-electron chi connectivity index (χ3n) is 1.61. The fourth-order valence-corrected chi connectivity index (χ4v) is 1.06. The van der Waals surface area contributed by atoms with E-state index >= 15 is 0 Å². The molecule has 0 aliphatic rings. The van der Waals surface area contributed by atoms with Crippen molar-refractivity contribution < 1.29 is 4.39 Å². The molecule has 0 saturated heterocycles. The van der Waals surface area contributed by atoms with Gasteiger partial charge < -0.3 is 0 Å². The Morgan fingerprint density at radius 3 is 2.44 bits per heavy atom. The summed E-state index contributed by atoms with van der Waals surface area (Å²) in [7, 11) is 0. The minimum atomic E-state index is -0.145. The van der Waals surface area contributed by atoms with E-state index in [0.29, 0.717) is 0 Å². The van der Waals surface area contributed by atoms with Crippen molar-refractivity contribution in [3.05, 3.63) is 0 Å². The highest BCUT2D eigenvalue weighted by atomic mass is 19.1. The lowest BCUT2D eigenvalue weighted by atomic mass is 10.0. The van der Waals surface area contributed by atoms with Crippen molar-refractivity contribution in [3.8, 4) is 0 Å². The molecule has 56 valence electrons. The quantitative estimate of drug-likeness (QED) is 0.539. The Balaban J connectivity index is 2.95. The minimum Gasteiger partial charge on any atom is -0.251 e. The minimum absolute atomic E-state index is 0.145. The van der Waals surface area contributed by atoms with Crippen LogP contribution in [0.5, 0.6) is 0 Å². The highest BCUT2D eigenvalue weighted by Crippen LogP contribution is 2.11. The van der Waals surface area contributed by atoms with Crippen molar-refractivity contribution in [2.24, 2.45) is 5.92 Å². The van der Waals surface area contributed by atoms with Gasteiger partial charge in [-0.1, -0.05) is 26.7 Å². The third-order valence-corrected chi connectivity index (χ3v) is 1.61. The second-order valence-corrected chi connectivity index (χ2v) is 2.73. The van der Waals surface area contributed by atoms with E-state index in [-0.39, 0.29) is 6.67 Å². The first-order valence-electron chi connectivity index (χ1n) is 3.87. The maximum Gasteiger partial charge on any atom is 0.0894 e. The van der Waals surface area contributed by atoms with Crippen LogP contribution in [0.2, 0.25) is 0 Å². The van der Waals surface area contributed by atoms with E-state index in [2.05, 4.69) is 13.8 Å². The maximum atomic E-state index is 11.6. The number of hydrogen-bond donors (Lipinski definition) is 0. The summed E-state index contributed by atoms with van der Waals surface area (Å²) in [6.45, 7) is 4.22. The van der Waals surface area contributed by atoms with Crippen LogP contribution in [0.3, 0.4) is 0 Å². The smallest absolute Gasteiger partial charge is 0.0894 e. The molecule has 0 aliphatic heterocycles. The summed E-state index contributed by atoms with van der Waals surface area (Å²) in [5.41, 5.74) is 0. The lowest BCUT2D eigenvalue weighted by molar-refractivity contribution is 0.402. The van der Waals surface area contributed by atoms with Gasteiger partial charge in [-0.25, -0.2) is 0 Å². The summed E-state index contributed by atoms with van der Waals surface area (Å²) >= 11 is 0. The van der Waals surface area contributed by atoms with E-state index in [9.17, 15) is 4.39 Å². The van der Waals surface area contributed by atoms with Crippen LogP contribution in [0.1, 0.15) is 39.5 Å². The van der Waals surface area contributed by atoms with Gasteiger partial charge in [0.1, 0.15) is 0 Å². The van der Waals surface area contributed by atoms with Gasteiger partial charge in [0.05, 0.1) is 6.67 Å². The molecule has 1 heteroatoms. The van der Waals surface area contributed by atoms with Gasteiger partial charge in [0.25, 0.3) is 0 Å². The van der Waals surface area contributed by atoms with Gasteiger partial charge >= 0.3 is 0 Å². The van der Waals surface area contributed by atoms with Crippen LogP contribution in [-0.4, -0.2) is 6.67 Å². The zero-order valence-electron chi connectivity index (χ0n) is 6.49. The van der Waals surface area contributed by atoms with Crippen molar-refractivity contribution >= 4 is 0 Å². The summed E-state index contributed by atoms with van der Waals surface area (Å²) < 4.78 is 11.6. The average molecular weight is 132 g/mol. The highest BCUT2D eigenvalue weighted by Gasteiger charge is 1.98. The van der Waals surface area contributed by atoms with E-state index in [4.69, 9.17) is 0 Å². The van der Waals surface area contributed by atoms with Crippen LogP contribution in [0, 0.1) is 5.92 Å². The summed E-state index contributed by atoms with van der Waals surface area (Å²) in [5.74, 6) is 0.728. The summed E-state index contributed by atoms with van der Waals surface area (Å²) in [6.07, 6.45) is 4.29. The molecule has 0 fully saturated rings. The molecule has 0 saturated carbocycles. The Bertz CT molecular complexity index is 52.5. The number of hydrogen-bond acceptors (Lipinski definition) is 0. The second-order valence-electron chi connectivity index (χ2n) is 2.73. The largest absolute Gasteiger partial charge is 0.251 e. The Morgan fingerprint density at radius 1 is 1.33 bits per heavy atom. The summed E-state index contributed by atoms with van der Waals surface area (Å²) in [4.78, 5) is 0. The molecule has 0 aliphatic carbocycles. The number of halogens is 1. The molecule has 0 N–H and O–H groups in total. The predicted octanol–water partition coefficient (Wildman–Crippen LogP) is 3.17. The van der Waals surface area contributed by atoms with Crippen LogP contribution < -0.4 is 0 Å². The molecule has 0 aromatic carbocycles. The lowest BCUT2D eigenvalue weighted by Crippen LogP contribution is -1.93. The van der Waals surface area contributed by atoms with E-state index in [1.54, 1.807) is 0 Å². The van der Waals surface area contributed by atoms with E-state index in [0.717, 1.165) is 18.8 Å². The van der Waals surface area contributed by atoms with Gasteiger partial charge in [-0.3, -0.25) is 4.39 Å².